The molecule has 1 fully saturated rings. The first kappa shape index (κ1) is 20.3. The summed E-state index contributed by atoms with van der Waals surface area (Å²) in [5.41, 5.74) is 2.72. The van der Waals surface area contributed by atoms with Crippen LogP contribution in [0.25, 0.3) is 6.08 Å². The van der Waals surface area contributed by atoms with E-state index < -0.39 is 0 Å². The molecule has 0 spiro atoms. The van der Waals surface area contributed by atoms with E-state index >= 15 is 0 Å². The van der Waals surface area contributed by atoms with Crippen LogP contribution in [-0.2, 0) is 17.9 Å². The fourth-order valence-electron chi connectivity index (χ4n) is 3.00. The van der Waals surface area contributed by atoms with Crippen LogP contribution in [0.15, 0.2) is 83.8 Å². The normalized spacial score (nSPS) is 15.1. The monoisotopic (exact) mass is 435 g/mol. The van der Waals surface area contributed by atoms with Gasteiger partial charge in [0, 0.05) is 5.02 Å². The molecule has 0 aromatic heterocycles. The largest absolute Gasteiger partial charge is 0.489 e. The fraction of sp³-hybridized carbons (Fsp3) is 0.0833. The van der Waals surface area contributed by atoms with E-state index in [1.54, 1.807) is 6.08 Å². The predicted molar refractivity (Wildman–Crippen MR) is 120 cm³/mol. The van der Waals surface area contributed by atoms with Gasteiger partial charge in [-0.25, -0.2) is 0 Å². The third-order valence-electron chi connectivity index (χ3n) is 4.53. The SMILES string of the molecule is O=C1S/C(=C\c2cccc(OCc3ccc(Cl)cc3)c2)C(=O)N1Cc1ccccc1. The van der Waals surface area contributed by atoms with E-state index in [0.29, 0.717) is 22.3 Å². The number of benzene rings is 3. The highest BCUT2D eigenvalue weighted by molar-refractivity contribution is 8.18. The van der Waals surface area contributed by atoms with Gasteiger partial charge in [-0.1, -0.05) is 66.2 Å². The van der Waals surface area contributed by atoms with E-state index in [9.17, 15) is 9.59 Å². The summed E-state index contributed by atoms with van der Waals surface area (Å²) >= 11 is 6.86. The third-order valence-corrected chi connectivity index (χ3v) is 5.69. The number of thioether (sulfide) groups is 1. The molecule has 1 saturated heterocycles. The van der Waals surface area contributed by atoms with Gasteiger partial charge in [-0.15, -0.1) is 0 Å². The summed E-state index contributed by atoms with van der Waals surface area (Å²) in [6.07, 6.45) is 1.73. The number of hydrogen-bond donors (Lipinski definition) is 0. The van der Waals surface area contributed by atoms with Crippen molar-refractivity contribution >= 4 is 40.6 Å². The Balaban J connectivity index is 1.45. The molecule has 1 aliphatic rings. The van der Waals surface area contributed by atoms with Crippen molar-refractivity contribution in [3.8, 4) is 5.75 Å². The van der Waals surface area contributed by atoms with Gasteiger partial charge in [-0.2, -0.15) is 0 Å². The van der Waals surface area contributed by atoms with Crippen LogP contribution in [0.1, 0.15) is 16.7 Å². The van der Waals surface area contributed by atoms with Crippen LogP contribution < -0.4 is 4.74 Å². The van der Waals surface area contributed by atoms with Crippen LogP contribution in [0, 0.1) is 0 Å². The summed E-state index contributed by atoms with van der Waals surface area (Å²) in [7, 11) is 0. The second-order valence-electron chi connectivity index (χ2n) is 6.74. The number of halogens is 1. The first-order valence-corrected chi connectivity index (χ1v) is 10.5. The molecule has 0 aliphatic carbocycles. The van der Waals surface area contributed by atoms with Crippen molar-refractivity contribution in [3.63, 3.8) is 0 Å². The summed E-state index contributed by atoms with van der Waals surface area (Å²) in [4.78, 5) is 26.7. The highest BCUT2D eigenvalue weighted by atomic mass is 35.5. The predicted octanol–water partition coefficient (Wildman–Crippen LogP) is 6.16. The molecule has 0 unspecified atom stereocenters. The Morgan fingerprint density at radius 3 is 2.43 bits per heavy atom. The minimum Gasteiger partial charge on any atom is -0.489 e. The minimum absolute atomic E-state index is 0.259. The van der Waals surface area contributed by atoms with Crippen LogP contribution in [0.5, 0.6) is 5.75 Å². The molecule has 0 saturated carbocycles. The lowest BCUT2D eigenvalue weighted by Gasteiger charge is -2.12. The number of carbonyl (C=O) groups excluding carboxylic acids is 2. The zero-order chi connectivity index (χ0) is 20.9. The lowest BCUT2D eigenvalue weighted by molar-refractivity contribution is -0.123. The second-order valence-corrected chi connectivity index (χ2v) is 8.17. The Bertz CT molecular complexity index is 1100. The van der Waals surface area contributed by atoms with E-state index in [2.05, 4.69) is 0 Å². The third kappa shape index (κ3) is 4.93. The maximum Gasteiger partial charge on any atom is 0.293 e. The Morgan fingerprint density at radius 1 is 0.900 bits per heavy atom. The van der Waals surface area contributed by atoms with Gasteiger partial charge in [-0.3, -0.25) is 14.5 Å². The number of carbonyl (C=O) groups is 2. The van der Waals surface area contributed by atoms with Gasteiger partial charge in [0.2, 0.25) is 0 Å². The van der Waals surface area contributed by atoms with Crippen molar-refractivity contribution in [1.29, 1.82) is 0 Å². The zero-order valence-electron chi connectivity index (χ0n) is 16.0. The van der Waals surface area contributed by atoms with Crippen LogP contribution in [-0.4, -0.2) is 16.0 Å². The summed E-state index contributed by atoms with van der Waals surface area (Å²) < 4.78 is 5.84. The highest BCUT2D eigenvalue weighted by Gasteiger charge is 2.34. The quantitative estimate of drug-likeness (QED) is 0.435. The maximum absolute atomic E-state index is 12.7. The van der Waals surface area contributed by atoms with Crippen molar-refractivity contribution in [2.24, 2.45) is 0 Å². The van der Waals surface area contributed by atoms with E-state index in [1.165, 1.54) is 4.90 Å². The number of hydrogen-bond acceptors (Lipinski definition) is 4. The number of nitrogens with zero attached hydrogens (tertiary/aromatic N) is 1. The van der Waals surface area contributed by atoms with Gasteiger partial charge in [0.15, 0.2) is 0 Å². The molecule has 0 radical (unpaired) electrons. The van der Waals surface area contributed by atoms with E-state index in [0.717, 1.165) is 28.5 Å². The first-order chi connectivity index (χ1) is 14.6. The van der Waals surface area contributed by atoms with Gasteiger partial charge >= 0.3 is 0 Å². The summed E-state index contributed by atoms with van der Waals surface area (Å²) in [6, 6.07) is 24.4. The topological polar surface area (TPSA) is 46.6 Å². The van der Waals surface area contributed by atoms with Crippen LogP contribution in [0.3, 0.4) is 0 Å². The molecule has 1 heterocycles. The molecule has 0 bridgehead atoms. The molecular weight excluding hydrogens is 418 g/mol. The molecule has 0 atom stereocenters. The molecule has 2 amide bonds. The molecule has 0 N–H and O–H groups in total. The molecule has 6 heteroatoms. The number of rotatable bonds is 6. The van der Waals surface area contributed by atoms with E-state index in [1.807, 2.05) is 78.9 Å². The number of ether oxygens (including phenoxy) is 1. The van der Waals surface area contributed by atoms with Crippen molar-refractivity contribution in [2.75, 3.05) is 0 Å². The molecule has 150 valence electrons. The molecular formula is C24H18ClNO3S. The Morgan fingerprint density at radius 2 is 1.67 bits per heavy atom. The van der Waals surface area contributed by atoms with Gasteiger partial charge < -0.3 is 4.74 Å². The van der Waals surface area contributed by atoms with Crippen molar-refractivity contribution < 1.29 is 14.3 Å². The lowest BCUT2D eigenvalue weighted by atomic mass is 10.2. The fourth-order valence-corrected chi connectivity index (χ4v) is 3.96. The second kappa shape index (κ2) is 9.20. The Hall–Kier alpha value is -3.02. The standard InChI is InChI=1S/C24H18ClNO3S/c25-20-11-9-18(10-12-20)16-29-21-8-4-7-19(13-21)14-22-23(27)26(24(28)30-22)15-17-5-2-1-3-6-17/h1-14H,15-16H2/b22-14-. The summed E-state index contributed by atoms with van der Waals surface area (Å²) in [6.45, 7) is 0.682. The molecule has 3 aromatic carbocycles. The molecule has 30 heavy (non-hydrogen) atoms. The van der Waals surface area contributed by atoms with Gasteiger partial charge in [0.05, 0.1) is 11.4 Å². The number of imide groups is 1. The minimum atomic E-state index is -0.277. The van der Waals surface area contributed by atoms with E-state index in [4.69, 9.17) is 16.3 Å². The van der Waals surface area contributed by atoms with Gasteiger partial charge in [-0.05, 0) is 58.8 Å². The molecule has 3 aromatic rings. The Labute approximate surface area is 184 Å². The van der Waals surface area contributed by atoms with Crippen molar-refractivity contribution in [3.05, 3.63) is 105 Å². The zero-order valence-corrected chi connectivity index (χ0v) is 17.5. The average molecular weight is 436 g/mol. The van der Waals surface area contributed by atoms with Gasteiger partial charge in [0.1, 0.15) is 12.4 Å². The van der Waals surface area contributed by atoms with Crippen LogP contribution in [0.4, 0.5) is 4.79 Å². The number of amides is 2. The van der Waals surface area contributed by atoms with Crippen LogP contribution >= 0.6 is 23.4 Å². The maximum atomic E-state index is 12.7. The summed E-state index contributed by atoms with van der Waals surface area (Å²) in [5, 5.41) is 0.423. The first-order valence-electron chi connectivity index (χ1n) is 9.35. The molecule has 4 rings (SSSR count). The van der Waals surface area contributed by atoms with Crippen molar-refractivity contribution in [1.82, 2.24) is 4.90 Å². The van der Waals surface area contributed by atoms with E-state index in [-0.39, 0.29) is 17.7 Å². The average Bonchev–Trinajstić information content (AvgIpc) is 3.02. The molecule has 1 aliphatic heterocycles. The lowest BCUT2D eigenvalue weighted by Crippen LogP contribution is -2.27. The Kier molecular flexibility index (Phi) is 6.21. The highest BCUT2D eigenvalue weighted by Crippen LogP contribution is 2.33. The van der Waals surface area contributed by atoms with Gasteiger partial charge in [0.25, 0.3) is 11.1 Å². The summed E-state index contributed by atoms with van der Waals surface area (Å²) in [5.74, 6) is 0.406. The van der Waals surface area contributed by atoms with Crippen LogP contribution in [0.2, 0.25) is 5.02 Å². The smallest absolute Gasteiger partial charge is 0.293 e. The van der Waals surface area contributed by atoms with Crippen molar-refractivity contribution in [2.45, 2.75) is 13.2 Å². The molecule has 4 nitrogen and oxygen atoms in total.